The Balaban J connectivity index is 1.56. The molecule has 0 aromatic heterocycles. The van der Waals surface area contributed by atoms with E-state index >= 15 is 0 Å². The Morgan fingerprint density at radius 2 is 1.51 bits per heavy atom. The Morgan fingerprint density at radius 3 is 2.11 bits per heavy atom. The number of methoxy groups -OCH3 is 2. The molecule has 3 rings (SSSR count). The minimum Gasteiger partial charge on any atom is -0.493 e. The zero-order valence-electron chi connectivity index (χ0n) is 20.6. The van der Waals surface area contributed by atoms with Gasteiger partial charge in [0.25, 0.3) is 10.0 Å². The van der Waals surface area contributed by atoms with Crippen LogP contribution in [0.2, 0.25) is 0 Å². The van der Waals surface area contributed by atoms with Crippen molar-refractivity contribution in [3.8, 4) is 11.5 Å². The van der Waals surface area contributed by atoms with Crippen molar-refractivity contribution in [2.75, 3.05) is 30.8 Å². The van der Waals surface area contributed by atoms with Crippen LogP contribution in [0, 0.1) is 20.8 Å². The highest BCUT2D eigenvalue weighted by Crippen LogP contribution is 2.28. The maximum atomic E-state index is 12.9. The highest BCUT2D eigenvalue weighted by molar-refractivity contribution is 7.92. The van der Waals surface area contributed by atoms with Crippen LogP contribution in [0.1, 0.15) is 22.3 Å². The molecule has 0 spiro atoms. The highest BCUT2D eigenvalue weighted by atomic mass is 32.2. The van der Waals surface area contributed by atoms with Gasteiger partial charge in [0.1, 0.15) is 0 Å². The van der Waals surface area contributed by atoms with Crippen molar-refractivity contribution in [3.63, 3.8) is 0 Å². The second-order valence-electron chi connectivity index (χ2n) is 8.22. The number of sulfonamides is 1. The normalized spacial score (nSPS) is 11.0. The maximum absolute atomic E-state index is 12.9. The second-order valence-corrected chi connectivity index (χ2v) is 10.3. The molecule has 0 fully saturated rings. The van der Waals surface area contributed by atoms with Crippen molar-refractivity contribution in [2.24, 2.45) is 0 Å². The van der Waals surface area contributed by atoms with Crippen molar-refractivity contribution in [2.45, 2.75) is 32.1 Å². The van der Waals surface area contributed by atoms with Gasteiger partial charge in [0.15, 0.2) is 16.6 Å². The lowest BCUT2D eigenvalue weighted by Gasteiger charge is -2.15. The van der Waals surface area contributed by atoms with Gasteiger partial charge in [-0.1, -0.05) is 23.8 Å². The van der Waals surface area contributed by atoms with Crippen LogP contribution in [-0.4, -0.2) is 34.3 Å². The summed E-state index contributed by atoms with van der Waals surface area (Å²) >= 11 is 5.37. The molecule has 0 saturated carbocycles. The first-order valence-electron chi connectivity index (χ1n) is 11.1. The molecule has 0 aliphatic rings. The average molecular weight is 514 g/mol. The predicted molar refractivity (Wildman–Crippen MR) is 145 cm³/mol. The molecule has 0 aliphatic carbocycles. The van der Waals surface area contributed by atoms with Gasteiger partial charge < -0.3 is 20.1 Å². The molecule has 0 bridgehead atoms. The molecule has 0 aliphatic heterocycles. The third-order valence-corrected chi connectivity index (χ3v) is 7.10. The standard InChI is InChI=1S/C26H31N3O4S2/c1-17-14-18(2)25(19(3)15-17)29-35(30,31)22-9-7-21(8-10-22)28-26(34)27-13-12-20-6-11-23(32-4)24(16-20)33-5/h6-11,14-16,29H,12-13H2,1-5H3,(H2,27,28,34). The van der Waals surface area contributed by atoms with E-state index in [1.54, 1.807) is 38.5 Å². The first-order chi connectivity index (χ1) is 16.6. The van der Waals surface area contributed by atoms with Gasteiger partial charge in [-0.05, 0) is 92.5 Å². The Labute approximate surface area is 212 Å². The Hall–Kier alpha value is -3.30. The molecule has 0 heterocycles. The molecule has 35 heavy (non-hydrogen) atoms. The number of anilines is 2. The van der Waals surface area contributed by atoms with Crippen molar-refractivity contribution >= 4 is 38.7 Å². The number of aryl methyl sites for hydroxylation is 3. The van der Waals surface area contributed by atoms with Gasteiger partial charge in [-0.3, -0.25) is 4.72 Å². The van der Waals surface area contributed by atoms with E-state index in [4.69, 9.17) is 21.7 Å². The zero-order chi connectivity index (χ0) is 25.6. The number of hydrogen-bond donors (Lipinski definition) is 3. The van der Waals surface area contributed by atoms with Crippen molar-refractivity contribution in [1.29, 1.82) is 0 Å². The van der Waals surface area contributed by atoms with E-state index in [-0.39, 0.29) is 4.90 Å². The molecule has 0 unspecified atom stereocenters. The van der Waals surface area contributed by atoms with E-state index in [1.807, 2.05) is 51.1 Å². The third-order valence-electron chi connectivity index (χ3n) is 5.48. The van der Waals surface area contributed by atoms with Crippen LogP contribution >= 0.6 is 12.2 Å². The van der Waals surface area contributed by atoms with Crippen LogP contribution in [-0.2, 0) is 16.4 Å². The predicted octanol–water partition coefficient (Wildman–Crippen LogP) is 4.96. The Bertz CT molecular complexity index is 1280. The highest BCUT2D eigenvalue weighted by Gasteiger charge is 2.17. The molecular weight excluding hydrogens is 482 g/mol. The minimum atomic E-state index is -3.72. The summed E-state index contributed by atoms with van der Waals surface area (Å²) in [6.45, 7) is 6.39. The summed E-state index contributed by atoms with van der Waals surface area (Å²) in [6.07, 6.45) is 0.739. The van der Waals surface area contributed by atoms with E-state index in [2.05, 4.69) is 15.4 Å². The van der Waals surface area contributed by atoms with Gasteiger partial charge >= 0.3 is 0 Å². The average Bonchev–Trinajstić information content (AvgIpc) is 2.81. The molecule has 3 aromatic carbocycles. The lowest BCUT2D eigenvalue weighted by Crippen LogP contribution is -2.30. The van der Waals surface area contributed by atoms with Crippen LogP contribution in [0.25, 0.3) is 0 Å². The van der Waals surface area contributed by atoms with Gasteiger partial charge in [0, 0.05) is 12.2 Å². The van der Waals surface area contributed by atoms with Crippen molar-refractivity contribution < 1.29 is 17.9 Å². The minimum absolute atomic E-state index is 0.176. The van der Waals surface area contributed by atoms with Gasteiger partial charge in [0.2, 0.25) is 0 Å². The van der Waals surface area contributed by atoms with E-state index in [9.17, 15) is 8.42 Å². The first-order valence-corrected chi connectivity index (χ1v) is 13.0. The van der Waals surface area contributed by atoms with Crippen LogP contribution in [0.5, 0.6) is 11.5 Å². The molecule has 186 valence electrons. The van der Waals surface area contributed by atoms with E-state index < -0.39 is 10.0 Å². The van der Waals surface area contributed by atoms with Gasteiger partial charge in [-0.25, -0.2) is 8.42 Å². The van der Waals surface area contributed by atoms with E-state index in [0.29, 0.717) is 34.5 Å². The summed E-state index contributed by atoms with van der Waals surface area (Å²) in [6, 6.07) is 16.2. The summed E-state index contributed by atoms with van der Waals surface area (Å²) in [5, 5.41) is 6.69. The Morgan fingerprint density at radius 1 is 0.886 bits per heavy atom. The first kappa shape index (κ1) is 26.3. The summed E-state index contributed by atoms with van der Waals surface area (Å²) in [7, 11) is -0.506. The van der Waals surface area contributed by atoms with E-state index in [0.717, 1.165) is 28.7 Å². The smallest absolute Gasteiger partial charge is 0.261 e. The lowest BCUT2D eigenvalue weighted by atomic mass is 10.1. The quantitative estimate of drug-likeness (QED) is 0.349. The molecule has 3 N–H and O–H groups in total. The number of benzene rings is 3. The number of rotatable bonds is 9. The lowest BCUT2D eigenvalue weighted by molar-refractivity contribution is 0.354. The topological polar surface area (TPSA) is 88.7 Å². The summed E-state index contributed by atoms with van der Waals surface area (Å²) < 4.78 is 39.1. The molecule has 9 heteroatoms. The van der Waals surface area contributed by atoms with Crippen LogP contribution in [0.3, 0.4) is 0 Å². The number of nitrogens with one attached hydrogen (secondary N) is 3. The van der Waals surface area contributed by atoms with Gasteiger partial charge in [0.05, 0.1) is 24.8 Å². The largest absolute Gasteiger partial charge is 0.493 e. The second kappa shape index (κ2) is 11.4. The summed E-state index contributed by atoms with van der Waals surface area (Å²) in [4.78, 5) is 0.176. The van der Waals surface area contributed by atoms with Crippen LogP contribution in [0.15, 0.2) is 59.5 Å². The number of ether oxygens (including phenoxy) is 2. The molecule has 7 nitrogen and oxygen atoms in total. The van der Waals surface area contributed by atoms with Crippen molar-refractivity contribution in [1.82, 2.24) is 5.32 Å². The summed E-state index contributed by atoms with van der Waals surface area (Å²) in [5.74, 6) is 1.37. The third kappa shape index (κ3) is 6.86. The fraction of sp³-hybridized carbons (Fsp3) is 0.269. The molecule has 0 atom stereocenters. The zero-order valence-corrected chi connectivity index (χ0v) is 22.2. The van der Waals surface area contributed by atoms with Crippen molar-refractivity contribution in [3.05, 3.63) is 76.9 Å². The molecule has 3 aromatic rings. The number of thiocarbonyl (C=S) groups is 1. The fourth-order valence-corrected chi connectivity index (χ4v) is 5.21. The van der Waals surface area contributed by atoms with Crippen LogP contribution in [0.4, 0.5) is 11.4 Å². The fourth-order valence-electron chi connectivity index (χ4n) is 3.78. The molecule has 0 saturated heterocycles. The maximum Gasteiger partial charge on any atom is 0.261 e. The van der Waals surface area contributed by atoms with Gasteiger partial charge in [-0.2, -0.15) is 0 Å². The molecule has 0 radical (unpaired) electrons. The summed E-state index contributed by atoms with van der Waals surface area (Å²) in [5.41, 5.74) is 5.24. The van der Waals surface area contributed by atoms with Gasteiger partial charge in [-0.15, -0.1) is 0 Å². The van der Waals surface area contributed by atoms with E-state index in [1.165, 1.54) is 0 Å². The Kier molecular flexibility index (Phi) is 8.58. The molecular formula is C26H31N3O4S2. The number of hydrogen-bond acceptors (Lipinski definition) is 5. The SMILES string of the molecule is COc1ccc(CCNC(=S)Nc2ccc(S(=O)(=O)Nc3c(C)cc(C)cc3C)cc2)cc1OC. The monoisotopic (exact) mass is 513 g/mol. The molecule has 0 amide bonds. The van der Waals surface area contributed by atoms with Crippen LogP contribution < -0.4 is 24.8 Å².